The van der Waals surface area contributed by atoms with Crippen molar-refractivity contribution in [3.8, 4) is 0 Å². The number of sulfonamides is 1. The van der Waals surface area contributed by atoms with Crippen LogP contribution < -0.4 is 0 Å². The van der Waals surface area contributed by atoms with Crippen LogP contribution in [0.15, 0.2) is 28.2 Å². The molecule has 142 valence electrons. The van der Waals surface area contributed by atoms with E-state index in [-0.39, 0.29) is 11.9 Å². The third-order valence-corrected chi connectivity index (χ3v) is 7.12. The van der Waals surface area contributed by atoms with Crippen molar-refractivity contribution < 1.29 is 13.2 Å². The van der Waals surface area contributed by atoms with Crippen LogP contribution in [0.25, 0.3) is 0 Å². The molecule has 0 radical (unpaired) electrons. The van der Waals surface area contributed by atoms with Gasteiger partial charge in [0.05, 0.1) is 18.5 Å². The van der Waals surface area contributed by atoms with Gasteiger partial charge < -0.3 is 4.74 Å². The van der Waals surface area contributed by atoms with Gasteiger partial charge in [0, 0.05) is 19.3 Å². The van der Waals surface area contributed by atoms with Crippen molar-refractivity contribution in [1.82, 2.24) is 4.31 Å². The molecule has 2 aliphatic rings. The summed E-state index contributed by atoms with van der Waals surface area (Å²) in [6.45, 7) is 7.52. The molecule has 0 unspecified atom stereocenters. The van der Waals surface area contributed by atoms with Gasteiger partial charge in [0.25, 0.3) is 0 Å². The Balaban J connectivity index is 1.51. The van der Waals surface area contributed by atoms with Crippen LogP contribution in [0.1, 0.15) is 36.5 Å². The summed E-state index contributed by atoms with van der Waals surface area (Å²) in [5.74, 6) is -0.0337. The fourth-order valence-electron chi connectivity index (χ4n) is 3.37. The smallest absolute Gasteiger partial charge is 0.216 e. The van der Waals surface area contributed by atoms with Crippen LogP contribution in [0.3, 0.4) is 0 Å². The van der Waals surface area contributed by atoms with Gasteiger partial charge >= 0.3 is 0 Å². The second-order valence-electron chi connectivity index (χ2n) is 7.48. The molecular formula is C19H27N3O3S. The van der Waals surface area contributed by atoms with Gasteiger partial charge in [0.15, 0.2) is 0 Å². The monoisotopic (exact) mass is 377 g/mol. The number of aryl methyl sites for hydroxylation is 2. The summed E-state index contributed by atoms with van der Waals surface area (Å²) in [6, 6.07) is 6.36. The van der Waals surface area contributed by atoms with Crippen LogP contribution in [-0.4, -0.2) is 55.8 Å². The molecule has 1 saturated heterocycles. The molecule has 1 aromatic carbocycles. The Bertz CT molecular complexity index is 797. The maximum atomic E-state index is 12.7. The van der Waals surface area contributed by atoms with E-state index < -0.39 is 15.6 Å². The van der Waals surface area contributed by atoms with E-state index in [0.29, 0.717) is 19.7 Å². The summed E-state index contributed by atoms with van der Waals surface area (Å²) < 4.78 is 32.9. The first-order valence-corrected chi connectivity index (χ1v) is 10.6. The molecule has 0 aromatic heterocycles. The predicted molar refractivity (Wildman–Crippen MR) is 104 cm³/mol. The number of aliphatic imine (C=N–C) groups is 2. The molecule has 0 saturated carbocycles. The fraction of sp³-hybridized carbons (Fsp3) is 0.579. The molecule has 1 fully saturated rings. The Morgan fingerprint density at radius 3 is 2.65 bits per heavy atom. The molecule has 0 amide bonds. The summed E-state index contributed by atoms with van der Waals surface area (Å²) in [7, 11) is -3.36. The maximum absolute atomic E-state index is 12.7. The molecule has 1 atom stereocenters. The normalized spacial score (nSPS) is 24.4. The standard InChI is InChI=1S/C19H27N3O3S/c1-15-4-5-16(2)17(10-15)11-25-18-6-8-22(9-7-18)26(23,24)13-19(3)12-20-14-21-19/h4-5,10,12,14,18H,6-9,11,13H2,1-3H3/t19-/m0/s1. The quantitative estimate of drug-likeness (QED) is 0.765. The molecule has 2 aliphatic heterocycles. The van der Waals surface area contributed by atoms with E-state index >= 15 is 0 Å². The Kier molecular flexibility index (Phi) is 5.60. The molecule has 0 spiro atoms. The van der Waals surface area contributed by atoms with Crippen LogP contribution in [0.2, 0.25) is 0 Å². The van der Waals surface area contributed by atoms with Gasteiger partial charge in [-0.2, -0.15) is 0 Å². The van der Waals surface area contributed by atoms with Crippen molar-refractivity contribution in [2.75, 3.05) is 18.8 Å². The maximum Gasteiger partial charge on any atom is 0.216 e. The van der Waals surface area contributed by atoms with Gasteiger partial charge in [-0.05, 0) is 44.7 Å². The zero-order chi connectivity index (χ0) is 18.8. The molecule has 6 nitrogen and oxygen atoms in total. The summed E-state index contributed by atoms with van der Waals surface area (Å²) in [4.78, 5) is 8.09. The Morgan fingerprint density at radius 2 is 2.00 bits per heavy atom. The average molecular weight is 378 g/mol. The summed E-state index contributed by atoms with van der Waals surface area (Å²) in [5.41, 5.74) is 2.91. The number of hydrogen-bond acceptors (Lipinski definition) is 5. The lowest BCUT2D eigenvalue weighted by molar-refractivity contribution is 0.00996. The van der Waals surface area contributed by atoms with E-state index in [1.807, 2.05) is 0 Å². The second-order valence-corrected chi connectivity index (χ2v) is 9.44. The highest BCUT2D eigenvalue weighted by Gasteiger charge is 2.35. The largest absolute Gasteiger partial charge is 0.373 e. The van der Waals surface area contributed by atoms with Crippen LogP contribution in [-0.2, 0) is 21.4 Å². The first-order chi connectivity index (χ1) is 12.3. The fourth-order valence-corrected chi connectivity index (χ4v) is 5.21. The van der Waals surface area contributed by atoms with Crippen molar-refractivity contribution in [1.29, 1.82) is 0 Å². The van der Waals surface area contributed by atoms with E-state index in [1.165, 1.54) is 23.0 Å². The molecule has 2 heterocycles. The van der Waals surface area contributed by atoms with Gasteiger partial charge in [0.2, 0.25) is 10.0 Å². The van der Waals surface area contributed by atoms with Crippen LogP contribution >= 0.6 is 0 Å². The number of nitrogens with zero attached hydrogens (tertiary/aromatic N) is 3. The van der Waals surface area contributed by atoms with Gasteiger partial charge in [-0.1, -0.05) is 23.8 Å². The van der Waals surface area contributed by atoms with E-state index in [2.05, 4.69) is 42.0 Å². The first kappa shape index (κ1) is 19.2. The third kappa shape index (κ3) is 4.58. The van der Waals surface area contributed by atoms with Crippen LogP contribution in [0.4, 0.5) is 0 Å². The van der Waals surface area contributed by atoms with Crippen molar-refractivity contribution >= 4 is 22.6 Å². The lowest BCUT2D eigenvalue weighted by Crippen LogP contribution is -2.46. The second kappa shape index (κ2) is 7.58. The number of piperidine rings is 1. The molecule has 0 N–H and O–H groups in total. The van der Waals surface area contributed by atoms with Crippen molar-refractivity contribution in [2.45, 2.75) is 51.9 Å². The Labute approximate surface area is 156 Å². The van der Waals surface area contributed by atoms with E-state index in [1.54, 1.807) is 17.4 Å². The Hall–Kier alpha value is -1.57. The summed E-state index contributed by atoms with van der Waals surface area (Å²) in [5, 5.41) is 0. The molecule has 7 heteroatoms. The first-order valence-electron chi connectivity index (χ1n) is 9.01. The lowest BCUT2D eigenvalue weighted by Gasteiger charge is -2.32. The van der Waals surface area contributed by atoms with Crippen LogP contribution in [0.5, 0.6) is 0 Å². The lowest BCUT2D eigenvalue weighted by atomic mass is 10.1. The minimum absolute atomic E-state index is 0.0337. The molecule has 0 bridgehead atoms. The SMILES string of the molecule is Cc1ccc(C)c(COC2CCN(S(=O)(=O)C[C@]3(C)C=NC=N3)CC2)c1. The highest BCUT2D eigenvalue weighted by Crippen LogP contribution is 2.23. The van der Waals surface area contributed by atoms with Gasteiger partial charge in [0.1, 0.15) is 11.9 Å². The minimum atomic E-state index is -3.36. The molecule has 0 aliphatic carbocycles. The van der Waals surface area contributed by atoms with E-state index in [4.69, 9.17) is 4.74 Å². The molecule has 26 heavy (non-hydrogen) atoms. The van der Waals surface area contributed by atoms with Gasteiger partial charge in [-0.15, -0.1) is 0 Å². The number of rotatable bonds is 6. The summed E-state index contributed by atoms with van der Waals surface area (Å²) >= 11 is 0. The summed E-state index contributed by atoms with van der Waals surface area (Å²) in [6.07, 6.45) is 4.56. The number of ether oxygens (including phenoxy) is 1. The highest BCUT2D eigenvalue weighted by atomic mass is 32.2. The Morgan fingerprint density at radius 1 is 1.27 bits per heavy atom. The molecule has 3 rings (SSSR count). The van der Waals surface area contributed by atoms with Gasteiger partial charge in [-0.3, -0.25) is 4.99 Å². The van der Waals surface area contributed by atoms with Crippen LogP contribution in [0, 0.1) is 13.8 Å². The number of hydrogen-bond donors (Lipinski definition) is 0. The zero-order valence-electron chi connectivity index (χ0n) is 15.7. The average Bonchev–Trinajstić information content (AvgIpc) is 3.01. The number of benzene rings is 1. The highest BCUT2D eigenvalue weighted by molar-refractivity contribution is 7.89. The van der Waals surface area contributed by atoms with E-state index in [0.717, 1.165) is 12.8 Å². The van der Waals surface area contributed by atoms with E-state index in [9.17, 15) is 8.42 Å². The van der Waals surface area contributed by atoms with Crippen molar-refractivity contribution in [3.05, 3.63) is 34.9 Å². The zero-order valence-corrected chi connectivity index (χ0v) is 16.5. The topological polar surface area (TPSA) is 71.3 Å². The molecular weight excluding hydrogens is 350 g/mol. The van der Waals surface area contributed by atoms with Crippen molar-refractivity contribution in [2.24, 2.45) is 9.98 Å². The van der Waals surface area contributed by atoms with Crippen molar-refractivity contribution in [3.63, 3.8) is 0 Å². The van der Waals surface area contributed by atoms with Gasteiger partial charge in [-0.25, -0.2) is 17.7 Å². The third-order valence-electron chi connectivity index (χ3n) is 5.02. The predicted octanol–water partition coefficient (Wildman–Crippen LogP) is 2.49. The molecule has 1 aromatic rings. The minimum Gasteiger partial charge on any atom is -0.373 e.